The molecule has 0 amide bonds. The second kappa shape index (κ2) is 43.5. The number of carbonyl (C=O) groups excluding carboxylic acids is 3. The smallest absolute Gasteiger partial charge is 0.306 e. The van der Waals surface area contributed by atoms with E-state index >= 15 is 0 Å². The van der Waals surface area contributed by atoms with E-state index in [2.05, 4.69) is 27.7 Å². The van der Waals surface area contributed by atoms with Crippen molar-refractivity contribution in [2.24, 2.45) is 5.92 Å². The highest BCUT2D eigenvalue weighted by Crippen LogP contribution is 2.17. The first-order valence-corrected chi connectivity index (χ1v) is 24.4. The van der Waals surface area contributed by atoms with Gasteiger partial charge in [-0.2, -0.15) is 0 Å². The van der Waals surface area contributed by atoms with Gasteiger partial charge in [0.25, 0.3) is 0 Å². The van der Waals surface area contributed by atoms with Gasteiger partial charge >= 0.3 is 17.9 Å². The molecule has 0 heterocycles. The molecule has 0 aromatic rings. The summed E-state index contributed by atoms with van der Waals surface area (Å²) in [5.74, 6) is -0.0129. The molecule has 0 saturated carbocycles. The predicted octanol–water partition coefficient (Wildman–Crippen LogP) is 15.5. The number of unbranched alkanes of at least 4 members (excludes halogenated alkanes) is 31. The Morgan fingerprint density at radius 1 is 0.345 bits per heavy atom. The van der Waals surface area contributed by atoms with E-state index in [1.54, 1.807) is 0 Å². The van der Waals surface area contributed by atoms with Crippen LogP contribution in [0.5, 0.6) is 0 Å². The Morgan fingerprint density at radius 3 is 0.891 bits per heavy atom. The van der Waals surface area contributed by atoms with E-state index in [0.29, 0.717) is 19.3 Å². The first-order valence-electron chi connectivity index (χ1n) is 24.4. The fourth-order valence-electron chi connectivity index (χ4n) is 7.33. The maximum Gasteiger partial charge on any atom is 0.306 e. The Balaban J connectivity index is 4.28. The standard InChI is InChI=1S/C49H94O6/c1-5-7-9-11-13-15-16-21-25-29-33-37-41-48(51)54-44-46(43-53-47(50)40-36-32-28-23-14-12-10-8-6-2)55-49(52)42-38-34-30-26-22-19-17-18-20-24-27-31-35-39-45(3)4/h45-46H,5-44H2,1-4H3/t46-/m0/s1. The molecule has 326 valence electrons. The molecule has 0 aromatic heterocycles. The Bertz CT molecular complexity index is 826. The molecule has 0 aliphatic carbocycles. The fraction of sp³-hybridized carbons (Fsp3) is 0.939. The summed E-state index contributed by atoms with van der Waals surface area (Å²) in [4.78, 5) is 37.7. The largest absolute Gasteiger partial charge is 0.462 e. The van der Waals surface area contributed by atoms with Gasteiger partial charge in [-0.25, -0.2) is 0 Å². The molecular formula is C49H94O6. The molecule has 0 radical (unpaired) electrons. The van der Waals surface area contributed by atoms with Crippen molar-refractivity contribution in [1.29, 1.82) is 0 Å². The van der Waals surface area contributed by atoms with Gasteiger partial charge in [-0.1, -0.05) is 233 Å². The summed E-state index contributed by atoms with van der Waals surface area (Å²) < 4.78 is 16.7. The summed E-state index contributed by atoms with van der Waals surface area (Å²) >= 11 is 0. The molecule has 55 heavy (non-hydrogen) atoms. The van der Waals surface area contributed by atoms with E-state index < -0.39 is 6.10 Å². The van der Waals surface area contributed by atoms with Crippen molar-refractivity contribution < 1.29 is 28.6 Å². The van der Waals surface area contributed by atoms with E-state index in [4.69, 9.17) is 14.2 Å². The molecule has 0 aliphatic heterocycles. The van der Waals surface area contributed by atoms with Crippen LogP contribution in [0, 0.1) is 5.92 Å². The molecule has 0 unspecified atom stereocenters. The van der Waals surface area contributed by atoms with Gasteiger partial charge in [0.2, 0.25) is 0 Å². The lowest BCUT2D eigenvalue weighted by molar-refractivity contribution is -0.167. The van der Waals surface area contributed by atoms with Crippen molar-refractivity contribution >= 4 is 17.9 Å². The van der Waals surface area contributed by atoms with Gasteiger partial charge in [0.1, 0.15) is 13.2 Å². The number of esters is 3. The van der Waals surface area contributed by atoms with Crippen molar-refractivity contribution in [3.05, 3.63) is 0 Å². The number of rotatable bonds is 44. The average molecular weight is 779 g/mol. The zero-order chi connectivity index (χ0) is 40.3. The van der Waals surface area contributed by atoms with Crippen LogP contribution in [-0.2, 0) is 28.6 Å². The Labute approximate surface area is 342 Å². The van der Waals surface area contributed by atoms with Crippen LogP contribution in [0.4, 0.5) is 0 Å². The molecule has 0 spiro atoms. The van der Waals surface area contributed by atoms with Crippen LogP contribution in [0.25, 0.3) is 0 Å². The molecule has 6 nitrogen and oxygen atoms in total. The van der Waals surface area contributed by atoms with Gasteiger partial charge in [0.05, 0.1) is 0 Å². The topological polar surface area (TPSA) is 78.9 Å². The van der Waals surface area contributed by atoms with Gasteiger partial charge in [0.15, 0.2) is 6.10 Å². The minimum Gasteiger partial charge on any atom is -0.462 e. The van der Waals surface area contributed by atoms with E-state index in [-0.39, 0.29) is 31.1 Å². The third kappa shape index (κ3) is 43.4. The van der Waals surface area contributed by atoms with Crippen LogP contribution < -0.4 is 0 Å². The van der Waals surface area contributed by atoms with Crippen molar-refractivity contribution in [1.82, 2.24) is 0 Å². The van der Waals surface area contributed by atoms with E-state index in [0.717, 1.165) is 63.7 Å². The van der Waals surface area contributed by atoms with Gasteiger partial charge in [-0.3, -0.25) is 14.4 Å². The quantitative estimate of drug-likeness (QED) is 0.0348. The minimum atomic E-state index is -0.759. The normalized spacial score (nSPS) is 11.9. The van der Waals surface area contributed by atoms with Crippen LogP contribution >= 0.6 is 0 Å². The fourth-order valence-corrected chi connectivity index (χ4v) is 7.33. The lowest BCUT2D eigenvalue weighted by Gasteiger charge is -2.18. The lowest BCUT2D eigenvalue weighted by Crippen LogP contribution is -2.30. The summed E-state index contributed by atoms with van der Waals surface area (Å²) in [7, 11) is 0. The van der Waals surface area contributed by atoms with E-state index in [9.17, 15) is 14.4 Å². The van der Waals surface area contributed by atoms with E-state index in [1.807, 2.05) is 0 Å². The Kier molecular flexibility index (Phi) is 42.3. The average Bonchev–Trinajstić information content (AvgIpc) is 3.17. The zero-order valence-corrected chi connectivity index (χ0v) is 37.4. The number of hydrogen-bond donors (Lipinski definition) is 0. The van der Waals surface area contributed by atoms with Crippen LogP contribution in [-0.4, -0.2) is 37.2 Å². The minimum absolute atomic E-state index is 0.0632. The van der Waals surface area contributed by atoms with Crippen molar-refractivity contribution in [3.8, 4) is 0 Å². The van der Waals surface area contributed by atoms with Crippen LogP contribution in [0.15, 0.2) is 0 Å². The second-order valence-corrected chi connectivity index (χ2v) is 17.2. The van der Waals surface area contributed by atoms with Gasteiger partial charge in [0, 0.05) is 19.3 Å². The molecule has 0 saturated heterocycles. The van der Waals surface area contributed by atoms with E-state index in [1.165, 1.54) is 167 Å². The third-order valence-electron chi connectivity index (χ3n) is 11.0. The summed E-state index contributed by atoms with van der Waals surface area (Å²) in [5, 5.41) is 0. The monoisotopic (exact) mass is 779 g/mol. The molecular weight excluding hydrogens is 685 g/mol. The summed E-state index contributed by atoms with van der Waals surface area (Å²) in [6, 6.07) is 0. The predicted molar refractivity (Wildman–Crippen MR) is 233 cm³/mol. The SMILES string of the molecule is CCCCCCCCCCCCCCC(=O)OC[C@H](COC(=O)CCCCCCCCCCC)OC(=O)CCCCCCCCCCCCCCCC(C)C. The second-order valence-electron chi connectivity index (χ2n) is 17.2. The van der Waals surface area contributed by atoms with Crippen molar-refractivity contribution in [2.75, 3.05) is 13.2 Å². The van der Waals surface area contributed by atoms with Crippen molar-refractivity contribution in [2.45, 2.75) is 278 Å². The number of carbonyl (C=O) groups is 3. The highest BCUT2D eigenvalue weighted by atomic mass is 16.6. The summed E-state index contributed by atoms with van der Waals surface area (Å²) in [6.45, 7) is 9.00. The highest BCUT2D eigenvalue weighted by molar-refractivity contribution is 5.71. The molecule has 0 fully saturated rings. The van der Waals surface area contributed by atoms with Crippen LogP contribution in [0.3, 0.4) is 0 Å². The van der Waals surface area contributed by atoms with Gasteiger partial charge in [-0.15, -0.1) is 0 Å². The van der Waals surface area contributed by atoms with Gasteiger partial charge < -0.3 is 14.2 Å². The number of ether oxygens (including phenoxy) is 3. The first-order chi connectivity index (χ1) is 26.9. The molecule has 0 bridgehead atoms. The molecule has 0 N–H and O–H groups in total. The van der Waals surface area contributed by atoms with Gasteiger partial charge in [-0.05, 0) is 25.2 Å². The Morgan fingerprint density at radius 2 is 0.600 bits per heavy atom. The lowest BCUT2D eigenvalue weighted by atomic mass is 10.0. The van der Waals surface area contributed by atoms with Crippen LogP contribution in [0.2, 0.25) is 0 Å². The molecule has 6 heteroatoms. The molecule has 0 aliphatic rings. The van der Waals surface area contributed by atoms with Crippen LogP contribution in [0.1, 0.15) is 272 Å². The molecule has 0 aromatic carbocycles. The summed E-state index contributed by atoms with van der Waals surface area (Å²) in [5.41, 5.74) is 0. The first kappa shape index (κ1) is 53.4. The zero-order valence-electron chi connectivity index (χ0n) is 37.4. The maximum absolute atomic E-state index is 12.7. The van der Waals surface area contributed by atoms with Crippen molar-refractivity contribution in [3.63, 3.8) is 0 Å². The third-order valence-corrected chi connectivity index (χ3v) is 11.0. The Hall–Kier alpha value is -1.59. The molecule has 0 rings (SSSR count). The molecule has 1 atom stereocenters. The highest BCUT2D eigenvalue weighted by Gasteiger charge is 2.19. The number of hydrogen-bond acceptors (Lipinski definition) is 6. The maximum atomic E-state index is 12.7. The summed E-state index contributed by atoms with van der Waals surface area (Å²) in [6.07, 6.45) is 43.7.